The zero-order valence-corrected chi connectivity index (χ0v) is 11.4. The van der Waals surface area contributed by atoms with E-state index < -0.39 is 0 Å². The number of pyridine rings is 1. The van der Waals surface area contributed by atoms with Crippen molar-refractivity contribution in [3.63, 3.8) is 0 Å². The molecule has 0 saturated heterocycles. The second-order valence-corrected chi connectivity index (χ2v) is 4.64. The van der Waals surface area contributed by atoms with E-state index in [2.05, 4.69) is 39.3 Å². The molecule has 4 nitrogen and oxygen atoms in total. The molecule has 0 unspecified atom stereocenters. The van der Waals surface area contributed by atoms with Gasteiger partial charge in [0.2, 0.25) is 0 Å². The smallest absolute Gasteiger partial charge is 0.137 e. The van der Waals surface area contributed by atoms with Gasteiger partial charge in [-0.05, 0) is 41.8 Å². The molecule has 0 bridgehead atoms. The van der Waals surface area contributed by atoms with Crippen LogP contribution in [-0.4, -0.2) is 15.0 Å². The molecular formula is C16H16N4. The van der Waals surface area contributed by atoms with Crippen molar-refractivity contribution >= 4 is 16.7 Å². The molecule has 20 heavy (non-hydrogen) atoms. The van der Waals surface area contributed by atoms with Crippen LogP contribution in [0.1, 0.15) is 18.1 Å². The minimum absolute atomic E-state index is 0.727. The lowest BCUT2D eigenvalue weighted by molar-refractivity contribution is 1.09. The molecule has 0 radical (unpaired) electrons. The lowest BCUT2D eigenvalue weighted by Crippen LogP contribution is -2.02. The molecule has 1 aromatic carbocycles. The fraction of sp³-hybridized carbons (Fsp3) is 0.188. The predicted molar refractivity (Wildman–Crippen MR) is 80.5 cm³/mol. The fourth-order valence-electron chi connectivity index (χ4n) is 2.15. The number of nitrogens with zero attached hydrogens (tertiary/aromatic N) is 3. The highest BCUT2D eigenvalue weighted by Gasteiger charge is 2.04. The Morgan fingerprint density at radius 3 is 2.65 bits per heavy atom. The highest BCUT2D eigenvalue weighted by Crippen LogP contribution is 2.21. The van der Waals surface area contributed by atoms with E-state index in [0.717, 1.165) is 29.7 Å². The topological polar surface area (TPSA) is 50.7 Å². The molecule has 2 aromatic heterocycles. The molecule has 4 heteroatoms. The predicted octanol–water partition coefficient (Wildman–Crippen LogP) is 3.20. The Hall–Kier alpha value is -2.49. The van der Waals surface area contributed by atoms with Gasteiger partial charge < -0.3 is 5.32 Å². The normalized spacial score (nSPS) is 10.7. The maximum Gasteiger partial charge on any atom is 0.137 e. The SMILES string of the molecule is CCc1ccc2ncnc(NCc3ccncc3)c2c1. The Morgan fingerprint density at radius 2 is 1.85 bits per heavy atom. The van der Waals surface area contributed by atoms with Crippen LogP contribution in [0.2, 0.25) is 0 Å². The van der Waals surface area contributed by atoms with E-state index in [-0.39, 0.29) is 0 Å². The van der Waals surface area contributed by atoms with Crippen molar-refractivity contribution in [3.05, 3.63) is 60.2 Å². The molecule has 0 aliphatic rings. The first kappa shape index (κ1) is 12.5. The van der Waals surface area contributed by atoms with Gasteiger partial charge in [0.1, 0.15) is 12.1 Å². The zero-order valence-electron chi connectivity index (χ0n) is 11.4. The van der Waals surface area contributed by atoms with Gasteiger partial charge in [0, 0.05) is 24.3 Å². The monoisotopic (exact) mass is 264 g/mol. The number of aromatic nitrogens is 3. The molecule has 0 saturated carbocycles. The molecule has 1 N–H and O–H groups in total. The van der Waals surface area contributed by atoms with E-state index in [1.807, 2.05) is 18.2 Å². The zero-order chi connectivity index (χ0) is 13.8. The summed E-state index contributed by atoms with van der Waals surface area (Å²) in [4.78, 5) is 12.7. The highest BCUT2D eigenvalue weighted by atomic mass is 15.0. The minimum atomic E-state index is 0.727. The van der Waals surface area contributed by atoms with Crippen molar-refractivity contribution in [2.24, 2.45) is 0 Å². The van der Waals surface area contributed by atoms with E-state index in [1.165, 1.54) is 11.1 Å². The van der Waals surface area contributed by atoms with E-state index in [0.29, 0.717) is 0 Å². The lowest BCUT2D eigenvalue weighted by Gasteiger charge is -2.09. The third kappa shape index (κ3) is 2.59. The number of rotatable bonds is 4. The molecule has 0 fully saturated rings. The molecule has 2 heterocycles. The summed E-state index contributed by atoms with van der Waals surface area (Å²) < 4.78 is 0. The number of hydrogen-bond donors (Lipinski definition) is 1. The van der Waals surface area contributed by atoms with Crippen LogP contribution < -0.4 is 5.32 Å². The van der Waals surface area contributed by atoms with E-state index in [1.54, 1.807) is 18.7 Å². The molecule has 3 aromatic rings. The second-order valence-electron chi connectivity index (χ2n) is 4.64. The van der Waals surface area contributed by atoms with Crippen molar-refractivity contribution in [3.8, 4) is 0 Å². The van der Waals surface area contributed by atoms with Crippen LogP contribution in [0.15, 0.2) is 49.1 Å². The van der Waals surface area contributed by atoms with Crippen molar-refractivity contribution < 1.29 is 0 Å². The summed E-state index contributed by atoms with van der Waals surface area (Å²) in [7, 11) is 0. The average Bonchev–Trinajstić information content (AvgIpc) is 2.53. The molecule has 0 atom stereocenters. The summed E-state index contributed by atoms with van der Waals surface area (Å²) in [6.45, 7) is 2.88. The van der Waals surface area contributed by atoms with Gasteiger partial charge in [0.25, 0.3) is 0 Å². The summed E-state index contributed by atoms with van der Waals surface area (Å²) in [5.74, 6) is 0.877. The van der Waals surface area contributed by atoms with E-state index in [4.69, 9.17) is 0 Å². The van der Waals surface area contributed by atoms with Crippen molar-refractivity contribution in [2.45, 2.75) is 19.9 Å². The Bertz CT molecular complexity index is 710. The Morgan fingerprint density at radius 1 is 1.00 bits per heavy atom. The van der Waals surface area contributed by atoms with Gasteiger partial charge in [-0.2, -0.15) is 0 Å². The van der Waals surface area contributed by atoms with Gasteiger partial charge in [-0.3, -0.25) is 4.98 Å². The van der Waals surface area contributed by atoms with Gasteiger partial charge in [0.05, 0.1) is 5.52 Å². The van der Waals surface area contributed by atoms with Gasteiger partial charge in [-0.1, -0.05) is 13.0 Å². The summed E-state index contributed by atoms with van der Waals surface area (Å²) >= 11 is 0. The maximum atomic E-state index is 4.36. The highest BCUT2D eigenvalue weighted by molar-refractivity contribution is 5.89. The van der Waals surface area contributed by atoms with Crippen LogP contribution in [0.3, 0.4) is 0 Å². The molecule has 0 amide bonds. The average molecular weight is 264 g/mol. The number of hydrogen-bond acceptors (Lipinski definition) is 4. The van der Waals surface area contributed by atoms with Crippen molar-refractivity contribution in [1.82, 2.24) is 15.0 Å². The number of anilines is 1. The Labute approximate surface area is 117 Å². The summed E-state index contributed by atoms with van der Waals surface area (Å²) in [5.41, 5.74) is 3.44. The van der Waals surface area contributed by atoms with Gasteiger partial charge in [0.15, 0.2) is 0 Å². The van der Waals surface area contributed by atoms with Crippen molar-refractivity contribution in [1.29, 1.82) is 0 Å². The molecule has 3 rings (SSSR count). The largest absolute Gasteiger partial charge is 0.365 e. The quantitative estimate of drug-likeness (QED) is 0.786. The fourth-order valence-corrected chi connectivity index (χ4v) is 2.15. The second kappa shape index (κ2) is 5.65. The standard InChI is InChI=1S/C16H16N4/c1-2-12-3-4-15-14(9-12)16(20-11-19-15)18-10-13-5-7-17-8-6-13/h3-9,11H,2,10H2,1H3,(H,18,19,20). The first-order valence-electron chi connectivity index (χ1n) is 6.73. The van der Waals surface area contributed by atoms with Crippen LogP contribution in [0.5, 0.6) is 0 Å². The van der Waals surface area contributed by atoms with Crippen LogP contribution in [0, 0.1) is 0 Å². The van der Waals surface area contributed by atoms with Crippen LogP contribution in [0.4, 0.5) is 5.82 Å². The molecule has 0 spiro atoms. The van der Waals surface area contributed by atoms with Crippen LogP contribution >= 0.6 is 0 Å². The van der Waals surface area contributed by atoms with E-state index >= 15 is 0 Å². The third-order valence-electron chi connectivity index (χ3n) is 3.32. The van der Waals surface area contributed by atoms with Gasteiger partial charge >= 0.3 is 0 Å². The number of aryl methyl sites for hydroxylation is 1. The summed E-state index contributed by atoms with van der Waals surface area (Å²) in [6.07, 6.45) is 6.20. The van der Waals surface area contributed by atoms with Crippen LogP contribution in [-0.2, 0) is 13.0 Å². The van der Waals surface area contributed by atoms with Gasteiger partial charge in [-0.25, -0.2) is 9.97 Å². The van der Waals surface area contributed by atoms with Gasteiger partial charge in [-0.15, -0.1) is 0 Å². The third-order valence-corrected chi connectivity index (χ3v) is 3.32. The minimum Gasteiger partial charge on any atom is -0.365 e. The molecular weight excluding hydrogens is 248 g/mol. The summed E-state index contributed by atoms with van der Waals surface area (Å²) in [6, 6.07) is 10.3. The number of fused-ring (bicyclic) bond motifs is 1. The number of nitrogens with one attached hydrogen (secondary N) is 1. The number of benzene rings is 1. The Kier molecular flexibility index (Phi) is 3.54. The molecule has 0 aliphatic carbocycles. The first-order valence-corrected chi connectivity index (χ1v) is 6.73. The lowest BCUT2D eigenvalue weighted by atomic mass is 10.1. The summed E-state index contributed by atoms with van der Waals surface area (Å²) in [5, 5.41) is 4.45. The first-order chi connectivity index (χ1) is 9.86. The van der Waals surface area contributed by atoms with Crippen LogP contribution in [0.25, 0.3) is 10.9 Å². The van der Waals surface area contributed by atoms with E-state index in [9.17, 15) is 0 Å². The maximum absolute atomic E-state index is 4.36. The Balaban J connectivity index is 1.90. The van der Waals surface area contributed by atoms with Crippen molar-refractivity contribution in [2.75, 3.05) is 5.32 Å². The molecule has 0 aliphatic heterocycles. The molecule has 100 valence electrons.